The second-order valence-electron chi connectivity index (χ2n) is 7.00. The van der Waals surface area contributed by atoms with Gasteiger partial charge in [0.25, 0.3) is 0 Å². The Labute approximate surface area is 189 Å². The standard InChI is InChI=1S/C16H35O4P.C4H9.Nd/c1-5-9-11-15(7-3)13-19-21(17,18)20-14-16(8-4)12-10-6-2;1-3-4-2;/h15-16H,5-14H2,1-4H3,(H,17,18);1,3-4H2,2H3;. The molecule has 0 aromatic heterocycles. The first-order chi connectivity index (χ1) is 12.4. The Kier molecular flexibility index (Phi) is 24.2. The van der Waals surface area contributed by atoms with Gasteiger partial charge in [0.05, 0.1) is 13.2 Å². The normalized spacial score (nSPS) is 15.6. The first-order valence-electron chi connectivity index (χ1n) is 10.7. The Morgan fingerprint density at radius 3 is 1.42 bits per heavy atom. The van der Waals surface area contributed by atoms with Crippen LogP contribution in [0.15, 0.2) is 0 Å². The molecule has 0 amide bonds. The van der Waals surface area contributed by atoms with Gasteiger partial charge in [-0.1, -0.05) is 66.2 Å². The SMILES string of the molecule is CCCCC(CC)COP(=O)(O)OCC(CC)CCCC.CCC[CH2][Nd]. The minimum atomic E-state index is -3.89. The monoisotopic (exact) mass is 521 g/mol. The quantitative estimate of drug-likeness (QED) is 0.216. The van der Waals surface area contributed by atoms with Crippen molar-refractivity contribution in [3.05, 3.63) is 0 Å². The summed E-state index contributed by atoms with van der Waals surface area (Å²) in [7, 11) is -3.89. The van der Waals surface area contributed by atoms with E-state index in [1.54, 1.807) is 0 Å². The van der Waals surface area contributed by atoms with Gasteiger partial charge in [-0.3, -0.25) is 9.05 Å². The molecule has 1 N–H and O–H groups in total. The van der Waals surface area contributed by atoms with E-state index < -0.39 is 7.82 Å². The molecule has 0 aliphatic carbocycles. The van der Waals surface area contributed by atoms with Gasteiger partial charge in [0, 0.05) is 0 Å². The number of unbranched alkanes of at least 4 members (excludes halogenated alkanes) is 3. The van der Waals surface area contributed by atoms with E-state index in [2.05, 4.69) is 34.6 Å². The second kappa shape index (κ2) is 21.2. The fourth-order valence-electron chi connectivity index (χ4n) is 2.41. The van der Waals surface area contributed by atoms with Gasteiger partial charge < -0.3 is 4.89 Å². The molecule has 2 atom stereocenters. The van der Waals surface area contributed by atoms with Crippen molar-refractivity contribution >= 4 is 7.82 Å². The van der Waals surface area contributed by atoms with E-state index in [0.717, 1.165) is 51.4 Å². The summed E-state index contributed by atoms with van der Waals surface area (Å²) in [5.41, 5.74) is 0. The van der Waals surface area contributed by atoms with Crippen LogP contribution in [0, 0.1) is 50.6 Å². The molecular weight excluding hydrogens is 479 g/mol. The second-order valence-corrected chi connectivity index (χ2v) is 10.1. The van der Waals surface area contributed by atoms with Crippen molar-refractivity contribution in [3.63, 3.8) is 0 Å². The molecular formula is C20H44NdO4P. The molecule has 0 saturated heterocycles. The maximum absolute atomic E-state index is 11.9. The van der Waals surface area contributed by atoms with Gasteiger partial charge in [0.2, 0.25) is 0 Å². The van der Waals surface area contributed by atoms with Gasteiger partial charge >= 0.3 is 68.4 Å². The van der Waals surface area contributed by atoms with Crippen molar-refractivity contribution < 1.29 is 57.3 Å². The zero-order valence-corrected chi connectivity index (χ0v) is 22.1. The molecule has 4 nitrogen and oxygen atoms in total. The first-order valence-corrected chi connectivity index (χ1v) is 14.4. The summed E-state index contributed by atoms with van der Waals surface area (Å²) in [4.78, 5) is 9.77. The Balaban J connectivity index is 0. The predicted molar refractivity (Wildman–Crippen MR) is 108 cm³/mol. The fourth-order valence-corrected chi connectivity index (χ4v) is 4.42. The third-order valence-electron chi connectivity index (χ3n) is 4.56. The number of hydrogen-bond acceptors (Lipinski definition) is 3. The Hall–Kier alpha value is 1.46. The third-order valence-corrected chi connectivity index (χ3v) is 6.65. The van der Waals surface area contributed by atoms with Crippen LogP contribution < -0.4 is 0 Å². The van der Waals surface area contributed by atoms with Gasteiger partial charge in [-0.25, -0.2) is 4.57 Å². The van der Waals surface area contributed by atoms with Crippen molar-refractivity contribution in [2.45, 2.75) is 101 Å². The van der Waals surface area contributed by atoms with Crippen LogP contribution >= 0.6 is 7.82 Å². The van der Waals surface area contributed by atoms with Crippen molar-refractivity contribution in [2.24, 2.45) is 11.8 Å². The summed E-state index contributed by atoms with van der Waals surface area (Å²) in [6.45, 7) is 11.3. The minimum absolute atomic E-state index is 0.316. The van der Waals surface area contributed by atoms with E-state index in [-0.39, 0.29) is 0 Å². The summed E-state index contributed by atoms with van der Waals surface area (Å²) in [6, 6.07) is 0. The maximum atomic E-state index is 11.9. The number of rotatable bonds is 16. The molecule has 26 heavy (non-hydrogen) atoms. The Morgan fingerprint density at radius 2 is 1.19 bits per heavy atom. The van der Waals surface area contributed by atoms with E-state index >= 15 is 0 Å². The molecule has 2 unspecified atom stereocenters. The van der Waals surface area contributed by atoms with Crippen LogP contribution in [0.2, 0.25) is 2.07 Å². The molecule has 0 aliphatic heterocycles. The molecule has 0 saturated carbocycles. The van der Waals surface area contributed by atoms with Crippen LogP contribution in [0.5, 0.6) is 0 Å². The zero-order chi connectivity index (χ0) is 20.3. The summed E-state index contributed by atoms with van der Waals surface area (Å²) in [5.74, 6) is 0.687. The zero-order valence-electron chi connectivity index (χ0n) is 18.0. The molecule has 6 heteroatoms. The molecule has 0 aliphatic rings. The average molecular weight is 524 g/mol. The Morgan fingerprint density at radius 1 is 0.808 bits per heavy atom. The summed E-state index contributed by atoms with van der Waals surface area (Å²) >= 11 is 1.40. The summed E-state index contributed by atoms with van der Waals surface area (Å²) in [6.07, 6.45) is 11.4. The molecule has 0 aromatic carbocycles. The fraction of sp³-hybridized carbons (Fsp3) is 1.00. The van der Waals surface area contributed by atoms with Gasteiger partial charge in [-0.05, 0) is 24.7 Å². The molecule has 0 fully saturated rings. The van der Waals surface area contributed by atoms with Gasteiger partial charge in [-0.15, -0.1) is 0 Å². The average Bonchev–Trinajstić information content (AvgIpc) is 2.63. The molecule has 0 radical (unpaired) electrons. The first kappa shape index (κ1) is 29.7. The Bertz CT molecular complexity index is 303. The van der Waals surface area contributed by atoms with E-state index in [1.807, 2.05) is 0 Å². The van der Waals surface area contributed by atoms with Crippen LogP contribution in [-0.2, 0) is 13.6 Å². The molecule has 0 bridgehead atoms. The van der Waals surface area contributed by atoms with Gasteiger partial charge in [0.1, 0.15) is 0 Å². The van der Waals surface area contributed by atoms with Crippen molar-refractivity contribution in [1.82, 2.24) is 0 Å². The molecule has 0 aromatic rings. The predicted octanol–water partition coefficient (Wildman–Crippen LogP) is 7.31. The summed E-state index contributed by atoms with van der Waals surface area (Å²) < 4.78 is 23.7. The van der Waals surface area contributed by atoms with Crippen molar-refractivity contribution in [2.75, 3.05) is 13.2 Å². The van der Waals surface area contributed by atoms with E-state index in [9.17, 15) is 9.46 Å². The number of hydrogen-bond donors (Lipinski definition) is 1. The van der Waals surface area contributed by atoms with E-state index in [4.69, 9.17) is 9.05 Å². The van der Waals surface area contributed by atoms with Crippen molar-refractivity contribution in [1.29, 1.82) is 0 Å². The van der Waals surface area contributed by atoms with E-state index in [0.29, 0.717) is 25.0 Å². The van der Waals surface area contributed by atoms with Gasteiger partial charge in [0.15, 0.2) is 0 Å². The van der Waals surface area contributed by atoms with Crippen LogP contribution in [0.3, 0.4) is 0 Å². The van der Waals surface area contributed by atoms with Crippen LogP contribution in [-0.4, -0.2) is 18.1 Å². The topological polar surface area (TPSA) is 55.8 Å². The number of phosphoric acid groups is 1. The molecule has 0 heterocycles. The van der Waals surface area contributed by atoms with Crippen LogP contribution in [0.1, 0.15) is 98.8 Å². The van der Waals surface area contributed by atoms with Crippen LogP contribution in [0.4, 0.5) is 0 Å². The van der Waals surface area contributed by atoms with Crippen molar-refractivity contribution in [3.8, 4) is 0 Å². The number of phosphoric ester groups is 1. The summed E-state index contributed by atoms with van der Waals surface area (Å²) in [5, 5.41) is 0. The van der Waals surface area contributed by atoms with E-state index in [1.165, 1.54) is 53.7 Å². The van der Waals surface area contributed by atoms with Gasteiger partial charge in [-0.2, -0.15) is 0 Å². The molecule has 157 valence electrons. The third kappa shape index (κ3) is 20.2. The molecule has 0 spiro atoms. The molecule has 0 rings (SSSR count). The van der Waals surface area contributed by atoms with Crippen LogP contribution in [0.25, 0.3) is 0 Å².